The monoisotopic (exact) mass is 433 g/mol. The van der Waals surface area contributed by atoms with Crippen LogP contribution in [0.25, 0.3) is 0 Å². The zero-order chi connectivity index (χ0) is 21.7. The molecule has 0 saturated carbocycles. The SMILES string of the molecule is C[C@H](NC(=O)c1ccc(OCc2ccc(Cl)cc2)cc1)c1cccc(C(F)(F)F)c1. The predicted octanol–water partition coefficient (Wildman–Crippen LogP) is 6.43. The molecule has 0 aliphatic rings. The van der Waals surface area contributed by atoms with E-state index in [1.54, 1.807) is 49.4 Å². The van der Waals surface area contributed by atoms with Crippen molar-refractivity contribution in [1.82, 2.24) is 5.32 Å². The molecule has 30 heavy (non-hydrogen) atoms. The van der Waals surface area contributed by atoms with Crippen LogP contribution >= 0.6 is 11.6 Å². The Hall–Kier alpha value is -2.99. The average molecular weight is 434 g/mol. The van der Waals surface area contributed by atoms with Crippen LogP contribution in [0.15, 0.2) is 72.8 Å². The van der Waals surface area contributed by atoms with E-state index in [1.807, 2.05) is 12.1 Å². The smallest absolute Gasteiger partial charge is 0.416 e. The molecule has 0 aliphatic heterocycles. The number of carbonyl (C=O) groups is 1. The van der Waals surface area contributed by atoms with E-state index in [0.717, 1.165) is 17.7 Å². The minimum absolute atomic E-state index is 0.356. The number of alkyl halides is 3. The highest BCUT2D eigenvalue weighted by Crippen LogP contribution is 2.30. The third kappa shape index (κ3) is 5.76. The molecule has 0 aromatic heterocycles. The summed E-state index contributed by atoms with van der Waals surface area (Å²) in [6.45, 7) is 1.99. The number of nitrogens with one attached hydrogen (secondary N) is 1. The predicted molar refractivity (Wildman–Crippen MR) is 110 cm³/mol. The van der Waals surface area contributed by atoms with E-state index in [1.165, 1.54) is 6.07 Å². The van der Waals surface area contributed by atoms with Gasteiger partial charge in [-0.1, -0.05) is 35.9 Å². The van der Waals surface area contributed by atoms with E-state index < -0.39 is 17.8 Å². The second kappa shape index (κ2) is 9.22. The third-order valence-corrected chi connectivity index (χ3v) is 4.75. The van der Waals surface area contributed by atoms with Crippen molar-refractivity contribution in [3.05, 3.63) is 100 Å². The summed E-state index contributed by atoms with van der Waals surface area (Å²) in [5.41, 5.74) is 0.966. The van der Waals surface area contributed by atoms with Crippen molar-refractivity contribution >= 4 is 17.5 Å². The molecule has 3 aromatic carbocycles. The lowest BCUT2D eigenvalue weighted by atomic mass is 10.0. The van der Waals surface area contributed by atoms with Crippen molar-refractivity contribution in [1.29, 1.82) is 0 Å². The van der Waals surface area contributed by atoms with Crippen molar-refractivity contribution in [2.75, 3.05) is 0 Å². The van der Waals surface area contributed by atoms with Gasteiger partial charge in [0.1, 0.15) is 12.4 Å². The Balaban J connectivity index is 1.59. The maximum atomic E-state index is 12.9. The fourth-order valence-corrected chi connectivity index (χ4v) is 2.92. The molecule has 7 heteroatoms. The van der Waals surface area contributed by atoms with E-state index in [2.05, 4.69) is 5.32 Å². The summed E-state index contributed by atoms with van der Waals surface area (Å²) in [6.07, 6.45) is -4.43. The van der Waals surface area contributed by atoms with Gasteiger partial charge >= 0.3 is 6.18 Å². The van der Waals surface area contributed by atoms with E-state index >= 15 is 0 Å². The molecule has 0 fully saturated rings. The van der Waals surface area contributed by atoms with Crippen LogP contribution in [0.5, 0.6) is 5.75 Å². The molecule has 156 valence electrons. The summed E-state index contributed by atoms with van der Waals surface area (Å²) in [5, 5.41) is 3.36. The molecule has 3 rings (SSSR count). The lowest BCUT2D eigenvalue weighted by Crippen LogP contribution is -2.26. The first kappa shape index (κ1) is 21.7. The first-order valence-electron chi connectivity index (χ1n) is 9.18. The fourth-order valence-electron chi connectivity index (χ4n) is 2.80. The van der Waals surface area contributed by atoms with Gasteiger partial charge in [-0.2, -0.15) is 13.2 Å². The summed E-state index contributed by atoms with van der Waals surface area (Å²) in [4.78, 5) is 12.4. The number of hydrogen-bond acceptors (Lipinski definition) is 2. The first-order valence-corrected chi connectivity index (χ1v) is 9.55. The largest absolute Gasteiger partial charge is 0.489 e. The number of amides is 1. The lowest BCUT2D eigenvalue weighted by molar-refractivity contribution is -0.137. The fraction of sp³-hybridized carbons (Fsp3) is 0.174. The molecule has 1 N–H and O–H groups in total. The van der Waals surface area contributed by atoms with Gasteiger partial charge in [-0.05, 0) is 66.6 Å². The van der Waals surface area contributed by atoms with Crippen LogP contribution < -0.4 is 10.1 Å². The molecule has 1 atom stereocenters. The van der Waals surface area contributed by atoms with Gasteiger partial charge in [-0.3, -0.25) is 4.79 Å². The third-order valence-electron chi connectivity index (χ3n) is 4.50. The Morgan fingerprint density at radius 1 is 1.03 bits per heavy atom. The Labute approximate surface area is 177 Å². The Bertz CT molecular complexity index is 1000. The molecular weight excluding hydrogens is 415 g/mol. The Kier molecular flexibility index (Phi) is 6.67. The number of hydrogen-bond donors (Lipinski definition) is 1. The molecule has 0 spiro atoms. The molecule has 0 heterocycles. The molecule has 3 nitrogen and oxygen atoms in total. The molecule has 0 unspecified atom stereocenters. The first-order chi connectivity index (χ1) is 14.2. The number of carbonyl (C=O) groups excluding carboxylic acids is 1. The second-order valence-electron chi connectivity index (χ2n) is 6.76. The summed E-state index contributed by atoms with van der Waals surface area (Å²) < 4.78 is 44.3. The van der Waals surface area contributed by atoms with Gasteiger partial charge in [0.15, 0.2) is 0 Å². The van der Waals surface area contributed by atoms with Crippen molar-refractivity contribution in [3.63, 3.8) is 0 Å². The topological polar surface area (TPSA) is 38.3 Å². The highest BCUT2D eigenvalue weighted by Gasteiger charge is 2.30. The van der Waals surface area contributed by atoms with E-state index in [-0.39, 0.29) is 5.91 Å². The van der Waals surface area contributed by atoms with Crippen molar-refractivity contribution in [2.24, 2.45) is 0 Å². The van der Waals surface area contributed by atoms with Gasteiger partial charge in [0.05, 0.1) is 11.6 Å². The molecule has 3 aromatic rings. The summed E-state index contributed by atoms with van der Waals surface area (Å²) >= 11 is 5.85. The van der Waals surface area contributed by atoms with Crippen LogP contribution in [0.4, 0.5) is 13.2 Å². The minimum atomic E-state index is -4.43. The van der Waals surface area contributed by atoms with Crippen molar-refractivity contribution in [3.8, 4) is 5.75 Å². The summed E-state index contributed by atoms with van der Waals surface area (Å²) in [7, 11) is 0. The van der Waals surface area contributed by atoms with Gasteiger partial charge in [0.2, 0.25) is 0 Å². The molecule has 0 radical (unpaired) electrons. The molecule has 1 amide bonds. The van der Waals surface area contributed by atoms with Crippen molar-refractivity contribution in [2.45, 2.75) is 25.7 Å². The second-order valence-corrected chi connectivity index (χ2v) is 7.19. The van der Waals surface area contributed by atoms with Gasteiger partial charge in [0, 0.05) is 10.6 Å². The normalized spacial score (nSPS) is 12.3. The van der Waals surface area contributed by atoms with Crippen molar-refractivity contribution < 1.29 is 22.7 Å². The summed E-state index contributed by atoms with van der Waals surface area (Å²) in [6, 6.07) is 18.1. The quantitative estimate of drug-likeness (QED) is 0.486. The zero-order valence-electron chi connectivity index (χ0n) is 16.0. The average Bonchev–Trinajstić information content (AvgIpc) is 2.73. The van der Waals surface area contributed by atoms with Crippen LogP contribution in [0, 0.1) is 0 Å². The van der Waals surface area contributed by atoms with Crippen LogP contribution in [0.3, 0.4) is 0 Å². The number of ether oxygens (including phenoxy) is 1. The molecule has 0 bridgehead atoms. The van der Waals surface area contributed by atoms with E-state index in [0.29, 0.717) is 28.5 Å². The number of rotatable bonds is 6. The van der Waals surface area contributed by atoms with E-state index in [4.69, 9.17) is 16.3 Å². The van der Waals surface area contributed by atoms with Crippen LogP contribution in [-0.2, 0) is 12.8 Å². The van der Waals surface area contributed by atoms with Gasteiger partial charge in [0.25, 0.3) is 5.91 Å². The van der Waals surface area contributed by atoms with Gasteiger partial charge in [-0.15, -0.1) is 0 Å². The molecule has 0 saturated heterocycles. The van der Waals surface area contributed by atoms with Crippen LogP contribution in [-0.4, -0.2) is 5.91 Å². The van der Waals surface area contributed by atoms with Crippen LogP contribution in [0.1, 0.15) is 40.0 Å². The molecular formula is C23H19ClF3NO2. The Morgan fingerprint density at radius 2 is 1.70 bits per heavy atom. The van der Waals surface area contributed by atoms with Gasteiger partial charge < -0.3 is 10.1 Å². The maximum absolute atomic E-state index is 12.9. The van der Waals surface area contributed by atoms with Crippen LogP contribution in [0.2, 0.25) is 5.02 Å². The number of halogens is 4. The highest BCUT2D eigenvalue weighted by molar-refractivity contribution is 6.30. The maximum Gasteiger partial charge on any atom is 0.416 e. The van der Waals surface area contributed by atoms with E-state index in [9.17, 15) is 18.0 Å². The highest BCUT2D eigenvalue weighted by atomic mass is 35.5. The minimum Gasteiger partial charge on any atom is -0.489 e. The van der Waals surface area contributed by atoms with Gasteiger partial charge in [-0.25, -0.2) is 0 Å². The molecule has 0 aliphatic carbocycles. The zero-order valence-corrected chi connectivity index (χ0v) is 16.8. The summed E-state index contributed by atoms with van der Waals surface area (Å²) in [5.74, 6) is 0.205. The lowest BCUT2D eigenvalue weighted by Gasteiger charge is -2.16. The standard InChI is InChI=1S/C23H19ClF3NO2/c1-15(18-3-2-4-19(13-18)23(25,26)27)28-22(29)17-7-11-21(12-8-17)30-14-16-5-9-20(24)10-6-16/h2-13,15H,14H2,1H3,(H,28,29)/t15-/m0/s1. The number of benzene rings is 3. The Morgan fingerprint density at radius 3 is 2.33 bits per heavy atom.